The molecule has 1 atom stereocenters. The van der Waals surface area contributed by atoms with E-state index in [-0.39, 0.29) is 11.5 Å². The molecule has 8 heteroatoms. The largest absolute Gasteiger partial charge is 0.481 e. The van der Waals surface area contributed by atoms with Gasteiger partial charge < -0.3 is 19.5 Å². The van der Waals surface area contributed by atoms with E-state index in [4.69, 9.17) is 16.3 Å². The molecule has 1 N–H and O–H groups in total. The van der Waals surface area contributed by atoms with Crippen molar-refractivity contribution in [1.82, 2.24) is 14.9 Å². The second-order valence-corrected chi connectivity index (χ2v) is 6.21. The van der Waals surface area contributed by atoms with Crippen molar-refractivity contribution < 1.29 is 9.53 Å². The summed E-state index contributed by atoms with van der Waals surface area (Å²) in [7, 11) is 0. The van der Waals surface area contributed by atoms with Crippen LogP contribution in [-0.4, -0.2) is 53.1 Å². The number of halogens is 1. The lowest BCUT2D eigenvalue weighted by atomic mass is 10.2. The molecule has 3 rings (SSSR count). The van der Waals surface area contributed by atoms with Gasteiger partial charge in [-0.3, -0.25) is 9.59 Å². The van der Waals surface area contributed by atoms with Crippen molar-refractivity contribution in [2.24, 2.45) is 0 Å². The molecule has 2 heterocycles. The molecule has 132 valence electrons. The Hall–Kier alpha value is -2.54. The summed E-state index contributed by atoms with van der Waals surface area (Å²) in [5, 5.41) is 0.561. The normalized spacial score (nSPS) is 15.8. The van der Waals surface area contributed by atoms with E-state index in [9.17, 15) is 9.59 Å². The summed E-state index contributed by atoms with van der Waals surface area (Å²) >= 11 is 5.93. The summed E-state index contributed by atoms with van der Waals surface area (Å²) in [5.41, 5.74) is -0.222. The number of nitrogens with one attached hydrogen (secondary N) is 1. The molecular weight excluding hydrogens is 344 g/mol. The molecule has 1 aliphatic heterocycles. The maximum Gasteiger partial charge on any atom is 0.290 e. The third-order valence-corrected chi connectivity index (χ3v) is 4.27. The minimum Gasteiger partial charge on any atom is -0.481 e. The van der Waals surface area contributed by atoms with Gasteiger partial charge in [0.1, 0.15) is 5.75 Å². The first-order valence-electron chi connectivity index (χ1n) is 8.04. The van der Waals surface area contributed by atoms with Crippen LogP contribution in [0.3, 0.4) is 0 Å². The highest BCUT2D eigenvalue weighted by Crippen LogP contribution is 2.19. The van der Waals surface area contributed by atoms with E-state index in [2.05, 4.69) is 9.97 Å². The lowest BCUT2D eigenvalue weighted by molar-refractivity contribution is -0.138. The fourth-order valence-corrected chi connectivity index (χ4v) is 2.94. The zero-order valence-electron chi connectivity index (χ0n) is 13.8. The standard InChI is InChI=1S/C17H19ClN4O3/c1-12(25-14-4-2-3-13(18)11-14)17(24)22-9-7-21(8-10-22)15-16(23)20-6-5-19-15/h2-6,11-12H,7-10H2,1H3,(H,20,23)/t12-/m1/s1. The van der Waals surface area contributed by atoms with Crippen molar-refractivity contribution in [2.75, 3.05) is 31.1 Å². The topological polar surface area (TPSA) is 78.5 Å². The maximum atomic E-state index is 12.6. The Morgan fingerprint density at radius 1 is 1.32 bits per heavy atom. The Bertz CT molecular complexity index is 802. The van der Waals surface area contributed by atoms with Crippen LogP contribution in [0.15, 0.2) is 41.5 Å². The number of amides is 1. The van der Waals surface area contributed by atoms with E-state index in [1.807, 2.05) is 4.90 Å². The predicted octanol–water partition coefficient (Wildman–Crippen LogP) is 1.54. The van der Waals surface area contributed by atoms with Gasteiger partial charge in [0.2, 0.25) is 0 Å². The smallest absolute Gasteiger partial charge is 0.290 e. The van der Waals surface area contributed by atoms with Gasteiger partial charge in [0.05, 0.1) is 0 Å². The fourth-order valence-electron chi connectivity index (χ4n) is 2.76. The second-order valence-electron chi connectivity index (χ2n) is 5.77. The first-order valence-corrected chi connectivity index (χ1v) is 8.42. The maximum absolute atomic E-state index is 12.6. The Labute approximate surface area is 150 Å². The number of H-pyrrole nitrogens is 1. The molecule has 2 aromatic rings. The summed E-state index contributed by atoms with van der Waals surface area (Å²) in [6, 6.07) is 6.97. The van der Waals surface area contributed by atoms with Crippen LogP contribution in [0.1, 0.15) is 6.92 Å². The van der Waals surface area contributed by atoms with Crippen molar-refractivity contribution in [3.05, 3.63) is 52.0 Å². The van der Waals surface area contributed by atoms with Crippen LogP contribution >= 0.6 is 11.6 Å². The van der Waals surface area contributed by atoms with Gasteiger partial charge >= 0.3 is 0 Å². The van der Waals surface area contributed by atoms with Crippen LogP contribution in [0.4, 0.5) is 5.82 Å². The molecule has 1 aromatic heterocycles. The number of benzene rings is 1. The van der Waals surface area contributed by atoms with E-state index in [0.29, 0.717) is 42.8 Å². The summed E-state index contributed by atoms with van der Waals surface area (Å²) in [4.78, 5) is 34.7. The number of carbonyl (C=O) groups is 1. The molecule has 0 spiro atoms. The number of anilines is 1. The molecular formula is C17H19ClN4O3. The van der Waals surface area contributed by atoms with Crippen molar-refractivity contribution in [3.8, 4) is 5.75 Å². The summed E-state index contributed by atoms with van der Waals surface area (Å²) in [5.74, 6) is 0.861. The SMILES string of the molecule is C[C@@H](Oc1cccc(Cl)c1)C(=O)N1CCN(c2ncc[nH]c2=O)CC1. The van der Waals surface area contributed by atoms with Crippen molar-refractivity contribution >= 4 is 23.3 Å². The molecule has 25 heavy (non-hydrogen) atoms. The molecule has 0 saturated carbocycles. The molecule has 1 fully saturated rings. The molecule has 0 bridgehead atoms. The van der Waals surface area contributed by atoms with Crippen molar-refractivity contribution in [1.29, 1.82) is 0 Å². The van der Waals surface area contributed by atoms with Crippen molar-refractivity contribution in [3.63, 3.8) is 0 Å². The molecule has 1 amide bonds. The van der Waals surface area contributed by atoms with Crippen LogP contribution < -0.4 is 15.2 Å². The number of aromatic amines is 1. The highest BCUT2D eigenvalue weighted by molar-refractivity contribution is 6.30. The van der Waals surface area contributed by atoms with Gasteiger partial charge in [0.15, 0.2) is 11.9 Å². The van der Waals surface area contributed by atoms with Crippen LogP contribution in [0.25, 0.3) is 0 Å². The summed E-state index contributed by atoms with van der Waals surface area (Å²) in [6.07, 6.45) is 2.44. The minimum absolute atomic E-state index is 0.0884. The zero-order chi connectivity index (χ0) is 17.8. The molecule has 0 radical (unpaired) electrons. The predicted molar refractivity (Wildman–Crippen MR) is 95.2 cm³/mol. The average molecular weight is 363 g/mol. The Morgan fingerprint density at radius 3 is 2.76 bits per heavy atom. The first-order chi connectivity index (χ1) is 12.0. The number of hydrogen-bond acceptors (Lipinski definition) is 5. The molecule has 0 unspecified atom stereocenters. The van der Waals surface area contributed by atoms with Gasteiger partial charge in [0, 0.05) is 43.6 Å². The first kappa shape index (κ1) is 17.3. The third kappa shape index (κ3) is 4.11. The van der Waals surface area contributed by atoms with E-state index in [1.165, 1.54) is 6.20 Å². The van der Waals surface area contributed by atoms with Crippen LogP contribution in [-0.2, 0) is 4.79 Å². The van der Waals surface area contributed by atoms with Gasteiger partial charge in [-0.15, -0.1) is 0 Å². The number of aromatic nitrogens is 2. The highest BCUT2D eigenvalue weighted by atomic mass is 35.5. The van der Waals surface area contributed by atoms with Gasteiger partial charge in [0.25, 0.3) is 11.5 Å². The quantitative estimate of drug-likeness (QED) is 0.892. The molecule has 1 aliphatic rings. The number of nitrogens with zero attached hydrogens (tertiary/aromatic N) is 3. The van der Waals surface area contributed by atoms with Crippen molar-refractivity contribution in [2.45, 2.75) is 13.0 Å². The van der Waals surface area contributed by atoms with Gasteiger partial charge in [-0.2, -0.15) is 0 Å². The van der Waals surface area contributed by atoms with Crippen LogP contribution in [0.5, 0.6) is 5.75 Å². The second kappa shape index (κ2) is 7.57. The van der Waals surface area contributed by atoms with Gasteiger partial charge in [-0.1, -0.05) is 17.7 Å². The lowest BCUT2D eigenvalue weighted by Crippen LogP contribution is -2.53. The lowest BCUT2D eigenvalue weighted by Gasteiger charge is -2.36. The summed E-state index contributed by atoms with van der Waals surface area (Å²) < 4.78 is 5.68. The number of piperazine rings is 1. The molecule has 7 nitrogen and oxygen atoms in total. The Balaban J connectivity index is 1.58. The monoisotopic (exact) mass is 362 g/mol. The molecule has 0 aliphatic carbocycles. The molecule has 1 saturated heterocycles. The fraction of sp³-hybridized carbons (Fsp3) is 0.353. The van der Waals surface area contributed by atoms with E-state index in [1.54, 1.807) is 42.3 Å². The highest BCUT2D eigenvalue weighted by Gasteiger charge is 2.27. The van der Waals surface area contributed by atoms with Gasteiger partial charge in [-0.25, -0.2) is 4.98 Å². The van der Waals surface area contributed by atoms with E-state index < -0.39 is 6.10 Å². The minimum atomic E-state index is -0.608. The number of hydrogen-bond donors (Lipinski definition) is 1. The van der Waals surface area contributed by atoms with E-state index >= 15 is 0 Å². The third-order valence-electron chi connectivity index (χ3n) is 4.04. The van der Waals surface area contributed by atoms with Crippen LogP contribution in [0, 0.1) is 0 Å². The Morgan fingerprint density at radius 2 is 2.08 bits per heavy atom. The number of rotatable bonds is 4. The van der Waals surface area contributed by atoms with Gasteiger partial charge in [-0.05, 0) is 25.1 Å². The number of ether oxygens (including phenoxy) is 1. The zero-order valence-corrected chi connectivity index (χ0v) is 14.6. The summed E-state index contributed by atoms with van der Waals surface area (Å²) in [6.45, 7) is 3.85. The average Bonchev–Trinajstić information content (AvgIpc) is 2.62. The van der Waals surface area contributed by atoms with Crippen LogP contribution in [0.2, 0.25) is 5.02 Å². The Kier molecular flexibility index (Phi) is 5.23. The number of carbonyl (C=O) groups excluding carboxylic acids is 1. The molecule has 1 aromatic carbocycles. The van der Waals surface area contributed by atoms with E-state index in [0.717, 1.165) is 0 Å².